The Balaban J connectivity index is 1.68. The van der Waals surface area contributed by atoms with Crippen molar-refractivity contribution in [3.8, 4) is 5.75 Å². The van der Waals surface area contributed by atoms with Crippen LogP contribution in [0, 0.1) is 0 Å². The molecule has 0 saturated carbocycles. The van der Waals surface area contributed by atoms with Crippen LogP contribution in [0.1, 0.15) is 26.4 Å². The minimum Gasteiger partial charge on any atom is -0.487 e. The Morgan fingerprint density at radius 1 is 1.00 bits per heavy atom. The Morgan fingerprint density at radius 2 is 1.74 bits per heavy atom. The van der Waals surface area contributed by atoms with E-state index >= 15 is 0 Å². The third kappa shape index (κ3) is 6.69. The highest BCUT2D eigenvalue weighted by atomic mass is 32.2. The molecule has 0 saturated heterocycles. The SMILES string of the molecule is COC(=O)c1ccc(C(=O)OC)c(NC(=O)CSc2nc(COc3ccccc3)cc(=O)[nH]2)c1. The van der Waals surface area contributed by atoms with Crippen molar-refractivity contribution in [1.29, 1.82) is 0 Å². The van der Waals surface area contributed by atoms with Gasteiger partial charge in [0.25, 0.3) is 5.56 Å². The first kappa shape index (κ1) is 24.5. The van der Waals surface area contributed by atoms with Crippen molar-refractivity contribution in [3.05, 3.63) is 81.8 Å². The van der Waals surface area contributed by atoms with Crippen LogP contribution in [0.4, 0.5) is 5.69 Å². The van der Waals surface area contributed by atoms with Crippen LogP contribution < -0.4 is 15.6 Å². The van der Waals surface area contributed by atoms with Crippen LogP contribution in [0.2, 0.25) is 0 Å². The van der Waals surface area contributed by atoms with Crippen molar-refractivity contribution < 1.29 is 28.6 Å². The fourth-order valence-electron chi connectivity index (χ4n) is 2.80. The second kappa shape index (κ2) is 11.7. The van der Waals surface area contributed by atoms with E-state index in [1.807, 2.05) is 18.2 Å². The normalized spacial score (nSPS) is 10.3. The number of aromatic amines is 1. The topological polar surface area (TPSA) is 137 Å². The summed E-state index contributed by atoms with van der Waals surface area (Å²) in [6, 6.07) is 14.5. The van der Waals surface area contributed by atoms with E-state index in [9.17, 15) is 19.2 Å². The molecule has 0 bridgehead atoms. The van der Waals surface area contributed by atoms with Crippen LogP contribution in [0.15, 0.2) is 64.5 Å². The molecule has 2 aromatic carbocycles. The molecule has 3 aromatic rings. The van der Waals surface area contributed by atoms with Crippen molar-refractivity contribution in [1.82, 2.24) is 9.97 Å². The molecule has 0 fully saturated rings. The van der Waals surface area contributed by atoms with Gasteiger partial charge < -0.3 is 24.5 Å². The van der Waals surface area contributed by atoms with Crippen molar-refractivity contribution in [2.75, 3.05) is 25.3 Å². The number of carbonyl (C=O) groups is 3. The van der Waals surface area contributed by atoms with E-state index in [0.717, 1.165) is 11.8 Å². The van der Waals surface area contributed by atoms with Crippen LogP contribution in [-0.2, 0) is 20.9 Å². The molecule has 0 aliphatic rings. The first-order chi connectivity index (χ1) is 16.4. The molecule has 0 unspecified atom stereocenters. The maximum Gasteiger partial charge on any atom is 0.339 e. The van der Waals surface area contributed by atoms with E-state index in [4.69, 9.17) is 9.47 Å². The van der Waals surface area contributed by atoms with E-state index in [2.05, 4.69) is 20.0 Å². The number of thioether (sulfide) groups is 1. The van der Waals surface area contributed by atoms with Crippen LogP contribution in [0.25, 0.3) is 0 Å². The summed E-state index contributed by atoms with van der Waals surface area (Å²) >= 11 is 0.991. The van der Waals surface area contributed by atoms with Gasteiger partial charge in [-0.2, -0.15) is 0 Å². The van der Waals surface area contributed by atoms with Crippen LogP contribution >= 0.6 is 11.8 Å². The van der Waals surface area contributed by atoms with Crippen LogP contribution in [-0.4, -0.2) is 47.8 Å². The Morgan fingerprint density at radius 3 is 2.44 bits per heavy atom. The van der Waals surface area contributed by atoms with Gasteiger partial charge in [0, 0.05) is 6.07 Å². The molecule has 10 nitrogen and oxygen atoms in total. The quantitative estimate of drug-likeness (QED) is 0.267. The Hall–Kier alpha value is -4.12. The number of aromatic nitrogens is 2. The number of para-hydroxylation sites is 1. The number of hydrogen-bond donors (Lipinski definition) is 2. The van der Waals surface area contributed by atoms with Gasteiger partial charge in [-0.05, 0) is 30.3 Å². The van der Waals surface area contributed by atoms with Gasteiger partial charge >= 0.3 is 11.9 Å². The molecule has 0 aliphatic carbocycles. The molecule has 34 heavy (non-hydrogen) atoms. The highest BCUT2D eigenvalue weighted by Gasteiger charge is 2.18. The first-order valence-corrected chi connectivity index (χ1v) is 10.9. The maximum atomic E-state index is 12.5. The second-order valence-corrected chi connectivity index (χ2v) is 7.69. The minimum atomic E-state index is -0.684. The number of methoxy groups -OCH3 is 2. The number of esters is 2. The third-order valence-electron chi connectivity index (χ3n) is 4.36. The molecule has 0 atom stereocenters. The number of anilines is 1. The van der Waals surface area contributed by atoms with Crippen LogP contribution in [0.5, 0.6) is 5.75 Å². The molecule has 0 aliphatic heterocycles. The van der Waals surface area contributed by atoms with Crippen molar-refractivity contribution in [3.63, 3.8) is 0 Å². The lowest BCUT2D eigenvalue weighted by molar-refractivity contribution is -0.113. The summed E-state index contributed by atoms with van der Waals surface area (Å²) in [4.78, 5) is 55.2. The van der Waals surface area contributed by atoms with Gasteiger partial charge in [0.15, 0.2) is 5.16 Å². The lowest BCUT2D eigenvalue weighted by Crippen LogP contribution is -2.19. The van der Waals surface area contributed by atoms with Gasteiger partial charge in [-0.1, -0.05) is 30.0 Å². The second-order valence-electron chi connectivity index (χ2n) is 6.72. The van der Waals surface area contributed by atoms with Crippen LogP contribution in [0.3, 0.4) is 0 Å². The van der Waals surface area contributed by atoms with Gasteiger partial charge in [-0.25, -0.2) is 14.6 Å². The Labute approximate surface area is 198 Å². The number of nitrogens with zero attached hydrogens (tertiary/aromatic N) is 1. The monoisotopic (exact) mass is 483 g/mol. The standard InChI is InChI=1S/C23H21N3O7S/c1-31-21(29)14-8-9-17(22(30)32-2)18(10-14)25-20(28)13-34-23-24-15(11-19(27)26-23)12-33-16-6-4-3-5-7-16/h3-11H,12-13H2,1-2H3,(H,25,28)(H,24,26,27). The molecular formula is C23H21N3O7S. The van der Waals surface area contributed by atoms with Crippen molar-refractivity contribution in [2.45, 2.75) is 11.8 Å². The van der Waals surface area contributed by atoms with E-state index in [1.54, 1.807) is 12.1 Å². The number of H-pyrrole nitrogens is 1. The highest BCUT2D eigenvalue weighted by Crippen LogP contribution is 2.21. The Bertz CT molecular complexity index is 1240. The number of benzene rings is 2. The van der Waals surface area contributed by atoms with E-state index < -0.39 is 17.8 Å². The largest absolute Gasteiger partial charge is 0.487 e. The number of amides is 1. The predicted octanol–water partition coefficient (Wildman–Crippen LogP) is 2.65. The average Bonchev–Trinajstić information content (AvgIpc) is 2.85. The number of ether oxygens (including phenoxy) is 3. The lowest BCUT2D eigenvalue weighted by Gasteiger charge is -2.11. The summed E-state index contributed by atoms with van der Waals surface area (Å²) in [5.41, 5.74) is 0.319. The average molecular weight is 484 g/mol. The molecule has 0 spiro atoms. The summed E-state index contributed by atoms with van der Waals surface area (Å²) in [6.07, 6.45) is 0. The molecule has 1 amide bonds. The molecule has 3 rings (SSSR count). The van der Waals surface area contributed by atoms with Gasteiger partial charge in [-0.15, -0.1) is 0 Å². The summed E-state index contributed by atoms with van der Waals surface area (Å²) < 4.78 is 15.0. The smallest absolute Gasteiger partial charge is 0.339 e. The fraction of sp³-hybridized carbons (Fsp3) is 0.174. The number of nitrogens with one attached hydrogen (secondary N) is 2. The summed E-state index contributed by atoms with van der Waals surface area (Å²) in [7, 11) is 2.42. The maximum absolute atomic E-state index is 12.5. The Kier molecular flexibility index (Phi) is 8.41. The zero-order valence-corrected chi connectivity index (χ0v) is 19.1. The molecule has 1 heterocycles. The minimum absolute atomic E-state index is 0.0695. The predicted molar refractivity (Wildman–Crippen MR) is 124 cm³/mol. The molecule has 176 valence electrons. The fourth-order valence-corrected chi connectivity index (χ4v) is 3.49. The van der Waals surface area contributed by atoms with Gasteiger partial charge in [-0.3, -0.25) is 9.59 Å². The zero-order chi connectivity index (χ0) is 24.5. The van der Waals surface area contributed by atoms with Gasteiger partial charge in [0.2, 0.25) is 5.91 Å². The van der Waals surface area contributed by atoms with Gasteiger partial charge in [0.05, 0.1) is 42.5 Å². The summed E-state index contributed by atoms with van der Waals surface area (Å²) in [6.45, 7) is 0.0799. The number of rotatable bonds is 9. The molecule has 0 radical (unpaired) electrons. The third-order valence-corrected chi connectivity index (χ3v) is 5.24. The highest BCUT2D eigenvalue weighted by molar-refractivity contribution is 7.99. The summed E-state index contributed by atoms with van der Waals surface area (Å²) in [5.74, 6) is -1.30. The van der Waals surface area contributed by atoms with E-state index in [0.29, 0.717) is 11.4 Å². The molecule has 11 heteroatoms. The molecule has 2 N–H and O–H groups in total. The lowest BCUT2D eigenvalue weighted by atomic mass is 10.1. The zero-order valence-electron chi connectivity index (χ0n) is 18.3. The number of carbonyl (C=O) groups excluding carboxylic acids is 3. The van der Waals surface area contributed by atoms with Crippen molar-refractivity contribution >= 4 is 35.3 Å². The van der Waals surface area contributed by atoms with E-state index in [-0.39, 0.29) is 39.9 Å². The van der Waals surface area contributed by atoms with E-state index in [1.165, 1.54) is 38.5 Å². The van der Waals surface area contributed by atoms with Crippen molar-refractivity contribution in [2.24, 2.45) is 0 Å². The summed E-state index contributed by atoms with van der Waals surface area (Å²) in [5, 5.41) is 2.81. The molecule has 1 aromatic heterocycles. The number of hydrogen-bond acceptors (Lipinski definition) is 9. The molecular weight excluding hydrogens is 462 g/mol. The first-order valence-electron chi connectivity index (χ1n) is 9.91. The van der Waals surface area contributed by atoms with Gasteiger partial charge in [0.1, 0.15) is 12.4 Å².